The third-order valence-corrected chi connectivity index (χ3v) is 3.81. The molecular weight excluding hydrogens is 342 g/mol. The lowest BCUT2D eigenvalue weighted by atomic mass is 10.1. The number of para-hydroxylation sites is 1. The van der Waals surface area contributed by atoms with E-state index in [9.17, 15) is 9.90 Å². The average Bonchev–Trinajstić information content (AvgIpc) is 3.10. The molecule has 0 aliphatic carbocycles. The Hall–Kier alpha value is -3.92. The summed E-state index contributed by atoms with van der Waals surface area (Å²) in [7, 11) is 0. The van der Waals surface area contributed by atoms with Gasteiger partial charge in [0.05, 0.1) is 30.8 Å². The molecule has 1 amide bonds. The first-order valence-electron chi connectivity index (χ1n) is 8.30. The predicted molar refractivity (Wildman–Crippen MR) is 101 cm³/mol. The van der Waals surface area contributed by atoms with Crippen molar-refractivity contribution >= 4 is 12.1 Å². The van der Waals surface area contributed by atoms with E-state index < -0.39 is 5.91 Å². The molecule has 3 aromatic rings. The number of carbonyl (C=O) groups is 1. The largest absolute Gasteiger partial charge is 0.507 e. The molecule has 0 aliphatic rings. The molecule has 0 atom stereocenters. The van der Waals surface area contributed by atoms with Crippen molar-refractivity contribution in [1.82, 2.24) is 15.2 Å². The molecule has 27 heavy (non-hydrogen) atoms. The van der Waals surface area contributed by atoms with Gasteiger partial charge in [0.25, 0.3) is 5.91 Å². The average molecular weight is 359 g/mol. The Labute approximate surface area is 156 Å². The molecule has 1 heterocycles. The molecule has 0 unspecified atom stereocenters. The zero-order chi connectivity index (χ0) is 19.1. The van der Waals surface area contributed by atoms with Gasteiger partial charge < -0.3 is 5.11 Å². The number of hydrogen-bond donors (Lipinski definition) is 2. The van der Waals surface area contributed by atoms with Crippen molar-refractivity contribution < 1.29 is 9.90 Å². The molecule has 7 nitrogen and oxygen atoms in total. The third kappa shape index (κ3) is 4.38. The van der Waals surface area contributed by atoms with E-state index in [4.69, 9.17) is 5.26 Å². The molecule has 0 radical (unpaired) electrons. The van der Waals surface area contributed by atoms with Gasteiger partial charge in [-0.25, -0.2) is 5.43 Å². The number of benzene rings is 2. The van der Waals surface area contributed by atoms with Crippen molar-refractivity contribution in [3.05, 3.63) is 71.9 Å². The number of amides is 1. The first-order valence-corrected chi connectivity index (χ1v) is 8.30. The molecule has 2 N–H and O–H groups in total. The number of hydrogen-bond acceptors (Lipinski definition) is 5. The Balaban J connectivity index is 1.82. The minimum absolute atomic E-state index is 0.112. The minimum Gasteiger partial charge on any atom is -0.507 e. The highest BCUT2D eigenvalue weighted by atomic mass is 16.3. The van der Waals surface area contributed by atoms with E-state index in [1.54, 1.807) is 23.0 Å². The third-order valence-electron chi connectivity index (χ3n) is 3.81. The van der Waals surface area contributed by atoms with Crippen LogP contribution < -0.4 is 5.43 Å². The number of phenols is 1. The molecule has 0 spiro atoms. The normalized spacial score (nSPS) is 10.6. The Morgan fingerprint density at radius 3 is 2.70 bits per heavy atom. The van der Waals surface area contributed by atoms with Crippen LogP contribution in [0.15, 0.2) is 65.9 Å². The summed E-state index contributed by atoms with van der Waals surface area (Å²) in [5.41, 5.74) is 4.85. The number of nitrogens with one attached hydrogen (secondary N) is 1. The van der Waals surface area contributed by atoms with Crippen LogP contribution in [0.25, 0.3) is 11.3 Å². The maximum absolute atomic E-state index is 12.1. The maximum Gasteiger partial charge on any atom is 0.275 e. The molecule has 1 aromatic heterocycles. The van der Waals surface area contributed by atoms with Crippen LogP contribution in [0.2, 0.25) is 0 Å². The number of hydrazone groups is 1. The van der Waals surface area contributed by atoms with Crippen molar-refractivity contribution in [1.29, 1.82) is 5.26 Å². The lowest BCUT2D eigenvalue weighted by molar-refractivity contribution is 0.0952. The van der Waals surface area contributed by atoms with Gasteiger partial charge in [-0.2, -0.15) is 15.5 Å². The van der Waals surface area contributed by atoms with Crippen molar-refractivity contribution in [3.8, 4) is 23.1 Å². The van der Waals surface area contributed by atoms with E-state index in [0.29, 0.717) is 24.2 Å². The topological polar surface area (TPSA) is 103 Å². The smallest absolute Gasteiger partial charge is 0.275 e. The van der Waals surface area contributed by atoms with Gasteiger partial charge in [-0.1, -0.05) is 42.5 Å². The van der Waals surface area contributed by atoms with Gasteiger partial charge in [0, 0.05) is 17.3 Å². The van der Waals surface area contributed by atoms with E-state index in [0.717, 1.165) is 5.56 Å². The molecule has 7 heteroatoms. The number of aromatic nitrogens is 2. The molecule has 0 saturated heterocycles. The first-order chi connectivity index (χ1) is 13.2. The summed E-state index contributed by atoms with van der Waals surface area (Å²) < 4.78 is 1.68. The highest BCUT2D eigenvalue weighted by Crippen LogP contribution is 2.21. The number of aromatic hydroxyl groups is 1. The summed E-state index contributed by atoms with van der Waals surface area (Å²) in [4.78, 5) is 12.1. The zero-order valence-electron chi connectivity index (χ0n) is 14.4. The molecule has 3 rings (SSSR count). The highest BCUT2D eigenvalue weighted by molar-refractivity contribution is 5.97. The Kier molecular flexibility index (Phi) is 5.60. The summed E-state index contributed by atoms with van der Waals surface area (Å²) in [6, 6.07) is 17.9. The number of nitriles is 1. The summed E-state index contributed by atoms with van der Waals surface area (Å²) in [5, 5.41) is 27.0. The molecule has 134 valence electrons. The fraction of sp³-hybridized carbons (Fsp3) is 0.100. The zero-order valence-corrected chi connectivity index (χ0v) is 14.4. The van der Waals surface area contributed by atoms with Crippen LogP contribution >= 0.6 is 0 Å². The number of phenolic OH excluding ortho intramolecular Hbond substituents is 1. The summed E-state index contributed by atoms with van der Waals surface area (Å²) in [6.07, 6.45) is 3.61. The van der Waals surface area contributed by atoms with Crippen molar-refractivity contribution in [2.45, 2.75) is 13.0 Å². The molecule has 0 aliphatic heterocycles. The molecular formula is C20H17N5O2. The Bertz CT molecular complexity index is 1000. The highest BCUT2D eigenvalue weighted by Gasteiger charge is 2.11. The Morgan fingerprint density at radius 2 is 1.96 bits per heavy atom. The second-order valence-corrected chi connectivity index (χ2v) is 5.69. The molecule has 0 fully saturated rings. The van der Waals surface area contributed by atoms with Crippen LogP contribution in [0.4, 0.5) is 0 Å². The van der Waals surface area contributed by atoms with Crippen LogP contribution in [0.3, 0.4) is 0 Å². The van der Waals surface area contributed by atoms with Crippen LogP contribution in [0.5, 0.6) is 5.75 Å². The number of rotatable bonds is 6. The quantitative estimate of drug-likeness (QED) is 0.521. The van der Waals surface area contributed by atoms with Gasteiger partial charge >= 0.3 is 0 Å². The second kappa shape index (κ2) is 8.45. The van der Waals surface area contributed by atoms with Crippen LogP contribution in [-0.2, 0) is 6.54 Å². The number of carbonyl (C=O) groups excluding carboxylic acids is 1. The van der Waals surface area contributed by atoms with E-state index in [1.165, 1.54) is 18.3 Å². The Morgan fingerprint density at radius 1 is 1.22 bits per heavy atom. The summed E-state index contributed by atoms with van der Waals surface area (Å²) in [6.45, 7) is 0.467. The van der Waals surface area contributed by atoms with Gasteiger partial charge in [0.15, 0.2) is 0 Å². The van der Waals surface area contributed by atoms with Gasteiger partial charge in [-0.15, -0.1) is 0 Å². The summed E-state index contributed by atoms with van der Waals surface area (Å²) in [5.74, 6) is -0.623. The van der Waals surface area contributed by atoms with Crippen molar-refractivity contribution in [3.63, 3.8) is 0 Å². The van der Waals surface area contributed by atoms with Crippen LogP contribution in [-0.4, -0.2) is 27.0 Å². The first kappa shape index (κ1) is 17.9. The molecule has 0 saturated carbocycles. The van der Waals surface area contributed by atoms with Gasteiger partial charge in [0.1, 0.15) is 11.4 Å². The molecule has 2 aromatic carbocycles. The second-order valence-electron chi connectivity index (χ2n) is 5.69. The maximum atomic E-state index is 12.1. The van der Waals surface area contributed by atoms with Gasteiger partial charge in [-0.05, 0) is 12.1 Å². The summed E-state index contributed by atoms with van der Waals surface area (Å²) >= 11 is 0. The lowest BCUT2D eigenvalue weighted by Crippen LogP contribution is -2.17. The minimum atomic E-state index is -0.512. The molecule has 0 bridgehead atoms. The van der Waals surface area contributed by atoms with Crippen LogP contribution in [0, 0.1) is 11.3 Å². The number of aryl methyl sites for hydroxylation is 1. The van der Waals surface area contributed by atoms with Crippen molar-refractivity contribution in [2.75, 3.05) is 0 Å². The van der Waals surface area contributed by atoms with E-state index in [-0.39, 0.29) is 11.3 Å². The SMILES string of the molecule is N#CCCn1cc(/C=N\NC(=O)c2ccccc2O)c(-c2ccccc2)n1. The van der Waals surface area contributed by atoms with Crippen LogP contribution in [0.1, 0.15) is 22.3 Å². The number of nitrogens with zero attached hydrogens (tertiary/aromatic N) is 4. The van der Waals surface area contributed by atoms with E-state index in [1.807, 2.05) is 30.3 Å². The van der Waals surface area contributed by atoms with E-state index >= 15 is 0 Å². The van der Waals surface area contributed by atoms with Gasteiger partial charge in [0.2, 0.25) is 0 Å². The fourth-order valence-corrected chi connectivity index (χ4v) is 2.52. The monoisotopic (exact) mass is 359 g/mol. The predicted octanol–water partition coefficient (Wildman–Crippen LogP) is 2.93. The van der Waals surface area contributed by atoms with Crippen molar-refractivity contribution in [2.24, 2.45) is 5.10 Å². The van der Waals surface area contributed by atoms with Gasteiger partial charge in [-0.3, -0.25) is 9.48 Å². The fourth-order valence-electron chi connectivity index (χ4n) is 2.52. The standard InChI is InChI=1S/C20H17N5O2/c21-11-6-12-25-14-16(19(24-25)15-7-2-1-3-8-15)13-22-23-20(27)17-9-4-5-10-18(17)26/h1-5,7-10,13-14,26H,6,12H2,(H,23,27)/b22-13-. The lowest BCUT2D eigenvalue weighted by Gasteiger charge is -2.02. The van der Waals surface area contributed by atoms with E-state index in [2.05, 4.69) is 21.7 Å².